The van der Waals surface area contributed by atoms with E-state index in [-0.39, 0.29) is 19.6 Å². The monoisotopic (exact) mass is 1040 g/mol. The standard InChI is InChI=1S/C64H48O8S3/c1-45-13-37-59(38-14-45)74(65,66)60-39-29-55(30-40-60)71-52-23-33-57(34-24-52)73-58-35-25-53(26-36-58)72-56-31-43-62(44-32-56)75(67,68)61-41-27-54(28-42-61)70-51-21-17-49(18-22-51)64(47-11-7-4-8-12-47)63(46-9-5-3-6-10-46)48-15-19-50(69-2)20-16-48/h3-44H,1-2H3/b64-63-. The van der Waals surface area contributed by atoms with Crippen molar-refractivity contribution in [2.75, 3.05) is 7.11 Å². The second-order valence-electron chi connectivity index (χ2n) is 17.3. The van der Waals surface area contributed by atoms with E-state index in [0.717, 1.165) is 54.5 Å². The van der Waals surface area contributed by atoms with Gasteiger partial charge < -0.3 is 18.9 Å². The van der Waals surface area contributed by atoms with Crippen molar-refractivity contribution in [3.05, 3.63) is 283 Å². The van der Waals surface area contributed by atoms with Crippen molar-refractivity contribution in [3.63, 3.8) is 0 Å². The molecule has 0 aromatic heterocycles. The third kappa shape index (κ3) is 11.8. The van der Waals surface area contributed by atoms with E-state index in [1.807, 2.05) is 128 Å². The first-order chi connectivity index (χ1) is 36.5. The molecule has 0 saturated carbocycles. The van der Waals surface area contributed by atoms with Crippen LogP contribution >= 0.6 is 11.8 Å². The molecule has 8 nitrogen and oxygen atoms in total. The quantitative estimate of drug-likeness (QED) is 0.0824. The number of ether oxygens (including phenoxy) is 4. The van der Waals surface area contributed by atoms with Crippen LogP contribution in [0.15, 0.2) is 284 Å². The molecule has 0 unspecified atom stereocenters. The summed E-state index contributed by atoms with van der Waals surface area (Å²) in [6.45, 7) is 1.91. The molecule has 75 heavy (non-hydrogen) atoms. The summed E-state index contributed by atoms with van der Waals surface area (Å²) in [5, 5.41) is 0. The zero-order valence-corrected chi connectivity index (χ0v) is 43.2. The maximum Gasteiger partial charge on any atom is 0.206 e. The van der Waals surface area contributed by atoms with Crippen LogP contribution in [0.4, 0.5) is 0 Å². The van der Waals surface area contributed by atoms with E-state index < -0.39 is 19.7 Å². The molecule has 0 N–H and O–H groups in total. The highest BCUT2D eigenvalue weighted by molar-refractivity contribution is 7.99. The molecule has 10 rings (SSSR count). The van der Waals surface area contributed by atoms with Gasteiger partial charge in [-0.15, -0.1) is 0 Å². The SMILES string of the molecule is COc1ccc(/C(=C(/c2ccccc2)c2ccc(Oc3ccc(S(=O)(=O)c4ccc(Oc5ccc(Sc6ccc(Oc7ccc(S(=O)(=O)c8ccc(C)cc8)cc7)cc6)cc5)cc4)cc3)cc2)c2ccccc2)cc1. The molecule has 0 aliphatic carbocycles. The zero-order valence-electron chi connectivity index (χ0n) is 40.7. The van der Waals surface area contributed by atoms with E-state index in [1.165, 1.54) is 12.1 Å². The van der Waals surface area contributed by atoms with Gasteiger partial charge in [-0.2, -0.15) is 0 Å². The van der Waals surface area contributed by atoms with Gasteiger partial charge in [-0.25, -0.2) is 16.8 Å². The van der Waals surface area contributed by atoms with Crippen LogP contribution in [0.2, 0.25) is 0 Å². The minimum atomic E-state index is -3.84. The number of hydrogen-bond donors (Lipinski definition) is 0. The first-order valence-corrected chi connectivity index (χ1v) is 27.7. The van der Waals surface area contributed by atoms with Gasteiger partial charge in [-0.05, 0) is 198 Å². The maximum absolute atomic E-state index is 13.7. The van der Waals surface area contributed by atoms with Crippen LogP contribution in [-0.4, -0.2) is 23.9 Å². The molecule has 0 radical (unpaired) electrons. The Balaban J connectivity index is 0.750. The van der Waals surface area contributed by atoms with E-state index >= 15 is 0 Å². The van der Waals surface area contributed by atoms with Crippen molar-refractivity contribution in [1.29, 1.82) is 0 Å². The summed E-state index contributed by atoms with van der Waals surface area (Å²) >= 11 is 1.57. The van der Waals surface area contributed by atoms with Crippen LogP contribution in [0.3, 0.4) is 0 Å². The van der Waals surface area contributed by atoms with Crippen LogP contribution in [0, 0.1) is 6.92 Å². The number of hydrogen-bond acceptors (Lipinski definition) is 9. The van der Waals surface area contributed by atoms with Crippen LogP contribution in [0.1, 0.15) is 27.8 Å². The second kappa shape index (κ2) is 22.2. The average molecular weight is 1040 g/mol. The van der Waals surface area contributed by atoms with E-state index in [2.05, 4.69) is 36.4 Å². The van der Waals surface area contributed by atoms with Crippen molar-refractivity contribution in [3.8, 4) is 40.2 Å². The van der Waals surface area contributed by atoms with Gasteiger partial charge in [0.15, 0.2) is 0 Å². The molecule has 10 aromatic rings. The molecular formula is C64H48O8S3. The summed E-state index contributed by atoms with van der Waals surface area (Å²) in [4.78, 5) is 2.70. The molecule has 11 heteroatoms. The molecule has 10 aromatic carbocycles. The Labute approximate surface area is 442 Å². The first kappa shape index (κ1) is 49.9. The highest BCUT2D eigenvalue weighted by Crippen LogP contribution is 2.39. The van der Waals surface area contributed by atoms with Gasteiger partial charge in [0.2, 0.25) is 19.7 Å². The van der Waals surface area contributed by atoms with E-state index in [9.17, 15) is 16.8 Å². The Morgan fingerprint density at radius 3 is 0.867 bits per heavy atom. The van der Waals surface area contributed by atoms with Crippen LogP contribution in [0.5, 0.6) is 40.2 Å². The van der Waals surface area contributed by atoms with Gasteiger partial charge in [0.25, 0.3) is 0 Å². The average Bonchev–Trinajstić information content (AvgIpc) is 3.45. The fourth-order valence-electron chi connectivity index (χ4n) is 8.31. The maximum atomic E-state index is 13.7. The lowest BCUT2D eigenvalue weighted by molar-refractivity contribution is 0.415. The number of rotatable bonds is 17. The van der Waals surface area contributed by atoms with Gasteiger partial charge in [0.05, 0.1) is 26.7 Å². The largest absolute Gasteiger partial charge is 0.497 e. The van der Waals surface area contributed by atoms with Crippen molar-refractivity contribution in [1.82, 2.24) is 0 Å². The predicted octanol–water partition coefficient (Wildman–Crippen LogP) is 16.2. The lowest BCUT2D eigenvalue weighted by Gasteiger charge is -2.18. The van der Waals surface area contributed by atoms with E-state index in [1.54, 1.807) is 104 Å². The molecular weight excluding hydrogens is 993 g/mol. The summed E-state index contributed by atoms with van der Waals surface area (Å²) < 4.78 is 77.4. The van der Waals surface area contributed by atoms with Crippen LogP contribution in [0.25, 0.3) is 11.1 Å². The Bertz CT molecular complexity index is 3790. The molecule has 0 aliphatic heterocycles. The molecule has 0 bridgehead atoms. The van der Waals surface area contributed by atoms with Crippen molar-refractivity contribution < 1.29 is 35.8 Å². The van der Waals surface area contributed by atoms with E-state index in [0.29, 0.717) is 34.5 Å². The highest BCUT2D eigenvalue weighted by Gasteiger charge is 2.21. The van der Waals surface area contributed by atoms with Gasteiger partial charge in [-0.3, -0.25) is 0 Å². The normalized spacial score (nSPS) is 11.8. The van der Waals surface area contributed by atoms with Gasteiger partial charge in [0.1, 0.15) is 40.2 Å². The Kier molecular flexibility index (Phi) is 14.8. The summed E-state index contributed by atoms with van der Waals surface area (Å²) in [5.74, 6) is 4.11. The Morgan fingerprint density at radius 2 is 0.560 bits per heavy atom. The molecule has 0 fully saturated rings. The fraction of sp³-hybridized carbons (Fsp3) is 0.0312. The third-order valence-corrected chi connectivity index (χ3v) is 16.8. The zero-order chi connectivity index (χ0) is 51.8. The van der Waals surface area contributed by atoms with Gasteiger partial charge in [0, 0.05) is 9.79 Å². The molecule has 370 valence electrons. The van der Waals surface area contributed by atoms with Gasteiger partial charge in [-0.1, -0.05) is 114 Å². The highest BCUT2D eigenvalue weighted by atomic mass is 32.2. The van der Waals surface area contributed by atoms with Gasteiger partial charge >= 0.3 is 0 Å². The topological polar surface area (TPSA) is 105 Å². The predicted molar refractivity (Wildman–Crippen MR) is 296 cm³/mol. The first-order valence-electron chi connectivity index (χ1n) is 23.9. The number of benzene rings is 10. The van der Waals surface area contributed by atoms with E-state index in [4.69, 9.17) is 18.9 Å². The minimum Gasteiger partial charge on any atom is -0.497 e. The molecule has 0 amide bonds. The van der Waals surface area contributed by atoms with Crippen molar-refractivity contribution in [2.24, 2.45) is 0 Å². The van der Waals surface area contributed by atoms with Crippen molar-refractivity contribution >= 4 is 42.6 Å². The molecule has 0 heterocycles. The Hall–Kier alpha value is -8.61. The molecule has 0 spiro atoms. The van der Waals surface area contributed by atoms with Crippen molar-refractivity contribution in [2.45, 2.75) is 36.3 Å². The van der Waals surface area contributed by atoms with Crippen LogP contribution < -0.4 is 18.9 Å². The Morgan fingerprint density at radius 1 is 0.307 bits per heavy atom. The van der Waals surface area contributed by atoms with Crippen LogP contribution in [-0.2, 0) is 19.7 Å². The smallest absolute Gasteiger partial charge is 0.206 e. The number of aryl methyl sites for hydroxylation is 1. The summed E-state index contributed by atoms with van der Waals surface area (Å²) in [6.07, 6.45) is 0. The lowest BCUT2D eigenvalue weighted by Crippen LogP contribution is -2.02. The molecule has 0 saturated heterocycles. The summed E-state index contributed by atoms with van der Waals surface area (Å²) in [7, 11) is -5.81. The molecule has 0 atom stereocenters. The molecule has 0 aliphatic rings. The number of sulfone groups is 2. The lowest BCUT2D eigenvalue weighted by atomic mass is 9.86. The second-order valence-corrected chi connectivity index (χ2v) is 22.4. The summed E-state index contributed by atoms with van der Waals surface area (Å²) in [6, 6.07) is 77.8. The number of methoxy groups -OCH3 is 1. The fourth-order valence-corrected chi connectivity index (χ4v) is 11.7. The minimum absolute atomic E-state index is 0.135. The summed E-state index contributed by atoms with van der Waals surface area (Å²) in [5.41, 5.74) is 7.31. The third-order valence-electron chi connectivity index (χ3n) is 12.2.